The molecule has 6 nitrogen and oxygen atoms in total. The molecule has 0 radical (unpaired) electrons. The maximum absolute atomic E-state index is 12.0. The fourth-order valence-corrected chi connectivity index (χ4v) is 4.51. The van der Waals surface area contributed by atoms with E-state index in [1.165, 1.54) is 0 Å². The maximum atomic E-state index is 12.0. The fourth-order valence-electron chi connectivity index (χ4n) is 4.51. The zero-order valence-electron chi connectivity index (χ0n) is 18.6. The number of nitrogens with zero attached hydrogens (tertiary/aromatic N) is 1. The first kappa shape index (κ1) is 23.1. The van der Waals surface area contributed by atoms with E-state index in [4.69, 9.17) is 20.8 Å². The number of hydrogen-bond acceptors (Lipinski definition) is 5. The topological polar surface area (TPSA) is 69.4 Å². The minimum absolute atomic E-state index is 0.0143. The van der Waals surface area contributed by atoms with Gasteiger partial charge in [-0.2, -0.15) is 0 Å². The molecular formula is C25H31NO5. The predicted octanol–water partition coefficient (Wildman–Crippen LogP) is 4.24. The molecule has 0 amide bonds. The Balaban J connectivity index is 1.84. The first-order chi connectivity index (χ1) is 14.7. The van der Waals surface area contributed by atoms with Crippen LogP contribution >= 0.6 is 0 Å². The Hall–Kier alpha value is -2.54. The van der Waals surface area contributed by atoms with Crippen LogP contribution < -0.4 is 4.74 Å². The molecule has 1 saturated carbocycles. The number of cyclic esters (lactones) is 1. The lowest BCUT2D eigenvalue weighted by Gasteiger charge is -2.39. The Morgan fingerprint density at radius 3 is 2.74 bits per heavy atom. The van der Waals surface area contributed by atoms with E-state index in [2.05, 4.69) is 16.7 Å². The number of aliphatic hydroxyl groups is 1. The summed E-state index contributed by atoms with van der Waals surface area (Å²) in [6, 6.07) is 5.61. The van der Waals surface area contributed by atoms with Gasteiger partial charge in [0, 0.05) is 25.8 Å². The Morgan fingerprint density at radius 1 is 1.35 bits per heavy atom. The Bertz CT molecular complexity index is 901. The van der Waals surface area contributed by atoms with E-state index in [9.17, 15) is 9.90 Å². The molecule has 1 heterocycles. The first-order valence-electron chi connectivity index (χ1n) is 11.0. The molecule has 2 atom stereocenters. The summed E-state index contributed by atoms with van der Waals surface area (Å²) in [5, 5.41) is 11.6. The minimum Gasteiger partial charge on any atom is -0.434 e. The highest BCUT2D eigenvalue weighted by Crippen LogP contribution is 2.39. The number of carbonyl (C=O) groups excluding carboxylic acids is 1. The van der Waals surface area contributed by atoms with Gasteiger partial charge in [-0.3, -0.25) is 9.64 Å². The van der Waals surface area contributed by atoms with Crippen molar-refractivity contribution in [1.82, 2.24) is 0 Å². The monoisotopic (exact) mass is 425 g/mol. The summed E-state index contributed by atoms with van der Waals surface area (Å²) < 4.78 is 16.6. The normalized spacial score (nSPS) is 22.5. The van der Waals surface area contributed by atoms with Crippen molar-refractivity contribution in [1.29, 1.82) is 0 Å². The molecule has 1 aromatic rings. The van der Waals surface area contributed by atoms with E-state index in [-0.39, 0.29) is 31.5 Å². The van der Waals surface area contributed by atoms with Crippen LogP contribution in [0.1, 0.15) is 70.4 Å². The van der Waals surface area contributed by atoms with E-state index in [1.54, 1.807) is 13.8 Å². The highest BCUT2D eigenvalue weighted by atomic mass is 16.7. The van der Waals surface area contributed by atoms with Crippen LogP contribution in [0, 0.1) is 24.3 Å². The predicted molar refractivity (Wildman–Crippen MR) is 116 cm³/mol. The zero-order chi connectivity index (χ0) is 22.5. The third kappa shape index (κ3) is 6.00. The Labute approximate surface area is 184 Å². The SMILES string of the molecule is [C-]#[N+]COc1ccc(C#CC(O)(CC2CC(=O)OC(C)(C)O2)C2CCCC2)cc1CC. The van der Waals surface area contributed by atoms with Gasteiger partial charge in [-0.15, -0.1) is 0 Å². The average molecular weight is 426 g/mol. The number of rotatable bonds is 6. The number of hydrogen-bond donors (Lipinski definition) is 1. The molecule has 6 heteroatoms. The van der Waals surface area contributed by atoms with Crippen molar-refractivity contribution in [2.24, 2.45) is 5.92 Å². The van der Waals surface area contributed by atoms with Gasteiger partial charge in [-0.05, 0) is 48.9 Å². The van der Waals surface area contributed by atoms with Crippen molar-refractivity contribution in [3.05, 3.63) is 40.7 Å². The second-order valence-electron chi connectivity index (χ2n) is 8.79. The average Bonchev–Trinajstić information content (AvgIpc) is 3.25. The summed E-state index contributed by atoms with van der Waals surface area (Å²) in [6.07, 6.45) is 4.67. The van der Waals surface area contributed by atoms with Gasteiger partial charge in [0.1, 0.15) is 11.4 Å². The standard InChI is InChI=1S/C25H31NO5/c1-5-19-14-18(10-11-22(19)29-17-26-4)12-13-25(28,20-8-6-7-9-20)16-21-15-23(27)31-24(2,3)30-21/h10-11,14,20-21,28H,5-9,15-17H2,1-3H3. The summed E-state index contributed by atoms with van der Waals surface area (Å²) in [4.78, 5) is 15.2. The van der Waals surface area contributed by atoms with Crippen LogP contribution in [0.15, 0.2) is 18.2 Å². The summed E-state index contributed by atoms with van der Waals surface area (Å²) in [7, 11) is 0. The highest BCUT2D eigenvalue weighted by Gasteiger charge is 2.43. The summed E-state index contributed by atoms with van der Waals surface area (Å²) >= 11 is 0. The third-order valence-electron chi connectivity index (χ3n) is 5.92. The lowest BCUT2D eigenvalue weighted by Crippen LogP contribution is -2.47. The number of benzene rings is 1. The highest BCUT2D eigenvalue weighted by molar-refractivity contribution is 5.71. The van der Waals surface area contributed by atoms with Crippen LogP contribution in [0.3, 0.4) is 0 Å². The number of esters is 1. The van der Waals surface area contributed by atoms with Gasteiger partial charge >= 0.3 is 12.7 Å². The quantitative estimate of drug-likeness (QED) is 0.420. The molecule has 31 heavy (non-hydrogen) atoms. The van der Waals surface area contributed by atoms with Gasteiger partial charge in [-0.25, -0.2) is 6.57 Å². The number of carbonyl (C=O) groups is 1. The van der Waals surface area contributed by atoms with Gasteiger partial charge in [0.15, 0.2) is 0 Å². The molecule has 3 rings (SSSR count). The van der Waals surface area contributed by atoms with E-state index in [1.807, 2.05) is 25.1 Å². The van der Waals surface area contributed by atoms with Crippen molar-refractivity contribution in [2.75, 3.05) is 6.73 Å². The van der Waals surface area contributed by atoms with Crippen LogP contribution in [0.25, 0.3) is 4.85 Å². The molecule has 2 unspecified atom stereocenters. The van der Waals surface area contributed by atoms with Crippen LogP contribution in [0.2, 0.25) is 0 Å². The molecule has 2 aliphatic rings. The third-order valence-corrected chi connectivity index (χ3v) is 5.92. The molecule has 1 aliphatic heterocycles. The largest absolute Gasteiger partial charge is 0.434 e. The van der Waals surface area contributed by atoms with Crippen molar-refractivity contribution >= 4 is 5.97 Å². The van der Waals surface area contributed by atoms with E-state index >= 15 is 0 Å². The lowest BCUT2D eigenvalue weighted by molar-refractivity contribution is -0.263. The van der Waals surface area contributed by atoms with Crippen LogP contribution in [0.5, 0.6) is 5.75 Å². The smallest absolute Gasteiger partial charge is 0.357 e. The molecule has 0 aromatic heterocycles. The molecule has 1 aliphatic carbocycles. The minimum atomic E-state index is -1.24. The molecule has 1 saturated heterocycles. The molecule has 1 N–H and O–H groups in total. The van der Waals surface area contributed by atoms with Crippen molar-refractivity contribution in [3.8, 4) is 17.6 Å². The Morgan fingerprint density at radius 2 is 2.10 bits per heavy atom. The zero-order valence-corrected chi connectivity index (χ0v) is 18.6. The summed E-state index contributed by atoms with van der Waals surface area (Å²) in [5.74, 6) is 5.72. The first-order valence-corrected chi connectivity index (χ1v) is 11.0. The van der Waals surface area contributed by atoms with E-state index in [0.717, 1.165) is 43.2 Å². The van der Waals surface area contributed by atoms with Crippen molar-refractivity contribution < 1.29 is 24.1 Å². The Kier molecular flexibility index (Phi) is 7.26. The molecular weight excluding hydrogens is 394 g/mol. The summed E-state index contributed by atoms with van der Waals surface area (Å²) in [5.41, 5.74) is 0.522. The van der Waals surface area contributed by atoms with Crippen LogP contribution in [-0.4, -0.2) is 35.3 Å². The molecule has 0 spiro atoms. The van der Waals surface area contributed by atoms with E-state index < -0.39 is 17.5 Å². The second-order valence-corrected chi connectivity index (χ2v) is 8.79. The van der Waals surface area contributed by atoms with Crippen molar-refractivity contribution in [2.45, 2.75) is 83.2 Å². The molecule has 2 fully saturated rings. The fraction of sp³-hybridized carbons (Fsp3) is 0.600. The molecule has 166 valence electrons. The number of aryl methyl sites for hydroxylation is 1. The lowest BCUT2D eigenvalue weighted by atomic mass is 9.81. The maximum Gasteiger partial charge on any atom is 0.357 e. The van der Waals surface area contributed by atoms with Gasteiger partial charge < -0.3 is 19.3 Å². The van der Waals surface area contributed by atoms with Crippen LogP contribution in [-0.2, 0) is 20.7 Å². The van der Waals surface area contributed by atoms with Gasteiger partial charge in [0.2, 0.25) is 5.79 Å². The molecule has 0 bridgehead atoms. The molecule has 1 aromatic carbocycles. The van der Waals surface area contributed by atoms with E-state index in [0.29, 0.717) is 5.75 Å². The van der Waals surface area contributed by atoms with Gasteiger partial charge in [-0.1, -0.05) is 31.6 Å². The summed E-state index contributed by atoms with van der Waals surface area (Å²) in [6.45, 7) is 12.3. The van der Waals surface area contributed by atoms with Gasteiger partial charge in [0.25, 0.3) is 0 Å². The van der Waals surface area contributed by atoms with Crippen molar-refractivity contribution in [3.63, 3.8) is 0 Å². The number of ether oxygens (including phenoxy) is 3. The van der Waals surface area contributed by atoms with Crippen LogP contribution in [0.4, 0.5) is 0 Å². The second kappa shape index (κ2) is 9.73. The van der Waals surface area contributed by atoms with Gasteiger partial charge in [0.05, 0.1) is 12.5 Å².